The van der Waals surface area contributed by atoms with Crippen LogP contribution in [-0.4, -0.2) is 62.7 Å². The SMILES string of the molecule is Cc1cccc(C)c1-n1nnnc1[C@H](c1ccc(CC(C)C)cc1)N1CCN(C/C=C/c2ccccc2)CC1. The summed E-state index contributed by atoms with van der Waals surface area (Å²) in [6.45, 7) is 13.7. The molecule has 0 saturated carbocycles. The fraction of sp³-hybridized carbons (Fsp3) is 0.364. The monoisotopic (exact) mass is 520 g/mol. The van der Waals surface area contributed by atoms with E-state index in [1.54, 1.807) is 0 Å². The van der Waals surface area contributed by atoms with Gasteiger partial charge in [-0.2, -0.15) is 4.68 Å². The molecule has 1 aliphatic rings. The maximum Gasteiger partial charge on any atom is 0.178 e. The minimum absolute atomic E-state index is 0.0193. The lowest BCUT2D eigenvalue weighted by Gasteiger charge is -2.38. The first-order valence-corrected chi connectivity index (χ1v) is 14.1. The Hall–Kier alpha value is -3.61. The van der Waals surface area contributed by atoms with Crippen LogP contribution in [0.15, 0.2) is 78.9 Å². The lowest BCUT2D eigenvalue weighted by atomic mass is 9.97. The van der Waals surface area contributed by atoms with Gasteiger partial charge in [0.25, 0.3) is 0 Å². The summed E-state index contributed by atoms with van der Waals surface area (Å²) in [7, 11) is 0. The van der Waals surface area contributed by atoms with Gasteiger partial charge in [0.2, 0.25) is 0 Å². The van der Waals surface area contributed by atoms with Gasteiger partial charge in [0.1, 0.15) is 0 Å². The van der Waals surface area contributed by atoms with E-state index in [0.717, 1.165) is 50.7 Å². The van der Waals surface area contributed by atoms with Crippen molar-refractivity contribution in [2.75, 3.05) is 32.7 Å². The molecule has 0 unspecified atom stereocenters. The van der Waals surface area contributed by atoms with Crippen LogP contribution in [0.1, 0.15) is 53.5 Å². The van der Waals surface area contributed by atoms with Gasteiger partial charge in [-0.25, -0.2) is 0 Å². The summed E-state index contributed by atoms with van der Waals surface area (Å²) in [4.78, 5) is 5.07. The molecule has 1 saturated heterocycles. The van der Waals surface area contributed by atoms with Crippen molar-refractivity contribution in [1.82, 2.24) is 30.0 Å². The molecule has 3 aromatic carbocycles. The van der Waals surface area contributed by atoms with E-state index in [0.29, 0.717) is 5.92 Å². The molecule has 39 heavy (non-hydrogen) atoms. The molecule has 0 N–H and O–H groups in total. The fourth-order valence-corrected chi connectivity index (χ4v) is 5.60. The zero-order valence-corrected chi connectivity index (χ0v) is 23.7. The number of rotatable bonds is 9. The van der Waals surface area contributed by atoms with E-state index < -0.39 is 0 Å². The maximum atomic E-state index is 4.64. The van der Waals surface area contributed by atoms with Crippen molar-refractivity contribution >= 4 is 6.08 Å². The Kier molecular flexibility index (Phi) is 8.64. The molecule has 0 spiro atoms. The lowest BCUT2D eigenvalue weighted by Crippen LogP contribution is -2.48. The quantitative estimate of drug-likeness (QED) is 0.275. The van der Waals surface area contributed by atoms with Crippen molar-refractivity contribution < 1.29 is 0 Å². The van der Waals surface area contributed by atoms with E-state index in [4.69, 9.17) is 0 Å². The summed E-state index contributed by atoms with van der Waals surface area (Å²) < 4.78 is 1.96. The van der Waals surface area contributed by atoms with Gasteiger partial charge in [-0.3, -0.25) is 9.80 Å². The van der Waals surface area contributed by atoms with Crippen LogP contribution in [-0.2, 0) is 6.42 Å². The van der Waals surface area contributed by atoms with Gasteiger partial charge in [-0.1, -0.05) is 98.8 Å². The van der Waals surface area contributed by atoms with Gasteiger partial charge in [0.15, 0.2) is 5.82 Å². The zero-order chi connectivity index (χ0) is 27.2. The summed E-state index contributed by atoms with van der Waals surface area (Å²) in [6.07, 6.45) is 5.57. The Labute approximate surface area is 233 Å². The molecule has 0 bridgehead atoms. The van der Waals surface area contributed by atoms with Gasteiger partial charge in [0.05, 0.1) is 11.7 Å². The van der Waals surface area contributed by atoms with Gasteiger partial charge >= 0.3 is 0 Å². The maximum absolute atomic E-state index is 4.64. The Morgan fingerprint density at radius 3 is 2.18 bits per heavy atom. The van der Waals surface area contributed by atoms with E-state index in [-0.39, 0.29) is 6.04 Å². The first-order chi connectivity index (χ1) is 19.0. The Morgan fingerprint density at radius 1 is 0.821 bits per heavy atom. The molecule has 1 atom stereocenters. The summed E-state index contributed by atoms with van der Waals surface area (Å²) >= 11 is 0. The highest BCUT2D eigenvalue weighted by atomic mass is 15.6. The number of hydrogen-bond donors (Lipinski definition) is 0. The number of aromatic nitrogens is 4. The predicted octanol–water partition coefficient (Wildman–Crippen LogP) is 5.90. The van der Waals surface area contributed by atoms with Crippen LogP contribution in [0.3, 0.4) is 0 Å². The number of piperazine rings is 1. The highest BCUT2D eigenvalue weighted by Crippen LogP contribution is 2.31. The van der Waals surface area contributed by atoms with Crippen LogP contribution in [0.5, 0.6) is 0 Å². The van der Waals surface area contributed by atoms with Crippen molar-refractivity contribution in [3.05, 3.63) is 113 Å². The molecule has 202 valence electrons. The van der Waals surface area contributed by atoms with Gasteiger partial charge in [-0.15, -0.1) is 5.10 Å². The standard InChI is InChI=1S/C33H40N6/c1-25(2)24-29-15-17-30(18-16-29)32(33-34-35-36-39(33)31-26(3)10-8-11-27(31)4)38-22-20-37(21-23-38)19-9-14-28-12-6-5-7-13-28/h5-18,25,32H,19-24H2,1-4H3/b14-9+/t32-/m0/s1. The first kappa shape index (κ1) is 27.0. The Morgan fingerprint density at radius 2 is 1.51 bits per heavy atom. The van der Waals surface area contributed by atoms with Crippen LogP contribution in [0.25, 0.3) is 11.8 Å². The van der Waals surface area contributed by atoms with E-state index in [9.17, 15) is 0 Å². The molecule has 1 aliphatic heterocycles. The summed E-state index contributed by atoms with van der Waals surface area (Å²) in [5.41, 5.74) is 7.27. The largest absolute Gasteiger partial charge is 0.297 e. The molecule has 6 nitrogen and oxygen atoms in total. The summed E-state index contributed by atoms with van der Waals surface area (Å²) in [5, 5.41) is 13.3. The van der Waals surface area contributed by atoms with Crippen molar-refractivity contribution in [2.45, 2.75) is 40.2 Å². The molecule has 4 aromatic rings. The van der Waals surface area contributed by atoms with Gasteiger partial charge in [-0.05, 0) is 64.4 Å². The zero-order valence-electron chi connectivity index (χ0n) is 23.7. The average Bonchev–Trinajstić information content (AvgIpc) is 3.40. The fourth-order valence-electron chi connectivity index (χ4n) is 5.60. The number of benzene rings is 3. The smallest absolute Gasteiger partial charge is 0.178 e. The minimum atomic E-state index is -0.0193. The molecule has 6 heteroatoms. The van der Waals surface area contributed by atoms with Crippen molar-refractivity contribution in [3.63, 3.8) is 0 Å². The number of tetrazole rings is 1. The average molecular weight is 521 g/mol. The van der Waals surface area contributed by atoms with E-state index in [2.05, 4.69) is 138 Å². The third-order valence-corrected chi connectivity index (χ3v) is 7.57. The highest BCUT2D eigenvalue weighted by molar-refractivity contribution is 5.49. The van der Waals surface area contributed by atoms with Gasteiger partial charge in [0, 0.05) is 32.7 Å². The minimum Gasteiger partial charge on any atom is -0.297 e. The molecule has 1 fully saturated rings. The summed E-state index contributed by atoms with van der Waals surface area (Å²) in [6, 6.07) is 26.0. The number of aryl methyl sites for hydroxylation is 2. The van der Waals surface area contributed by atoms with Crippen LogP contribution in [0.4, 0.5) is 0 Å². The molecule has 0 aliphatic carbocycles. The Balaban J connectivity index is 1.40. The Bertz CT molecular complexity index is 1340. The molecule has 1 aromatic heterocycles. The molecule has 0 amide bonds. The van der Waals surface area contributed by atoms with E-state index in [1.807, 2.05) is 4.68 Å². The van der Waals surface area contributed by atoms with Crippen LogP contribution in [0.2, 0.25) is 0 Å². The molecular formula is C33H40N6. The third kappa shape index (κ3) is 6.52. The molecule has 0 radical (unpaired) electrons. The first-order valence-electron chi connectivity index (χ1n) is 14.1. The second-order valence-corrected chi connectivity index (χ2v) is 11.1. The second kappa shape index (κ2) is 12.5. The number of para-hydroxylation sites is 1. The van der Waals surface area contributed by atoms with E-state index in [1.165, 1.54) is 27.8 Å². The molecule has 5 rings (SSSR count). The third-order valence-electron chi connectivity index (χ3n) is 7.57. The predicted molar refractivity (Wildman–Crippen MR) is 159 cm³/mol. The lowest BCUT2D eigenvalue weighted by molar-refractivity contribution is 0.113. The summed E-state index contributed by atoms with van der Waals surface area (Å²) in [5.74, 6) is 1.51. The normalized spacial score (nSPS) is 15.8. The second-order valence-electron chi connectivity index (χ2n) is 11.1. The van der Waals surface area contributed by atoms with Crippen LogP contribution < -0.4 is 0 Å². The highest BCUT2D eigenvalue weighted by Gasteiger charge is 2.31. The topological polar surface area (TPSA) is 50.1 Å². The molecular weight excluding hydrogens is 480 g/mol. The number of nitrogens with zero attached hydrogens (tertiary/aromatic N) is 6. The van der Waals surface area contributed by atoms with Crippen LogP contribution >= 0.6 is 0 Å². The van der Waals surface area contributed by atoms with Crippen molar-refractivity contribution in [3.8, 4) is 5.69 Å². The van der Waals surface area contributed by atoms with E-state index >= 15 is 0 Å². The molecule has 2 heterocycles. The number of hydrogen-bond acceptors (Lipinski definition) is 5. The van der Waals surface area contributed by atoms with Crippen molar-refractivity contribution in [2.24, 2.45) is 5.92 Å². The van der Waals surface area contributed by atoms with Crippen LogP contribution in [0, 0.1) is 19.8 Å². The van der Waals surface area contributed by atoms with Crippen molar-refractivity contribution in [1.29, 1.82) is 0 Å². The van der Waals surface area contributed by atoms with Gasteiger partial charge < -0.3 is 0 Å².